The van der Waals surface area contributed by atoms with E-state index in [-0.39, 0.29) is 0 Å². The van der Waals surface area contributed by atoms with E-state index in [1.165, 1.54) is 6.42 Å². The standard InChI is InChI=1S/C12H19N3O/c1-15-6-5-14-11(15)12(16)4-2-3-9-7-13-8-10(9)12/h5-6,9-10,13,16H,2-4,7-8H2,1H3/t9-,10+,12-/m1/s1. The van der Waals surface area contributed by atoms with Gasteiger partial charge in [0.15, 0.2) is 0 Å². The van der Waals surface area contributed by atoms with Crippen LogP contribution in [0.3, 0.4) is 0 Å². The summed E-state index contributed by atoms with van der Waals surface area (Å²) in [4.78, 5) is 4.36. The first-order valence-electron chi connectivity index (χ1n) is 6.13. The number of aliphatic hydroxyl groups is 1. The van der Waals surface area contributed by atoms with Crippen molar-refractivity contribution in [1.82, 2.24) is 14.9 Å². The molecular formula is C12H19N3O. The predicted molar refractivity (Wildman–Crippen MR) is 60.8 cm³/mol. The lowest BCUT2D eigenvalue weighted by atomic mass is 9.70. The molecule has 3 rings (SSSR count). The Morgan fingerprint density at radius 3 is 3.19 bits per heavy atom. The van der Waals surface area contributed by atoms with Crippen LogP contribution in [0, 0.1) is 11.8 Å². The second-order valence-corrected chi connectivity index (χ2v) is 5.20. The average Bonchev–Trinajstić information content (AvgIpc) is 2.86. The van der Waals surface area contributed by atoms with E-state index >= 15 is 0 Å². The van der Waals surface area contributed by atoms with Crippen LogP contribution in [0.2, 0.25) is 0 Å². The quantitative estimate of drug-likeness (QED) is 0.731. The molecule has 0 amide bonds. The Hall–Kier alpha value is -0.870. The average molecular weight is 221 g/mol. The molecule has 0 radical (unpaired) electrons. The van der Waals surface area contributed by atoms with Crippen LogP contribution >= 0.6 is 0 Å². The Bertz CT molecular complexity index is 389. The second-order valence-electron chi connectivity index (χ2n) is 5.20. The van der Waals surface area contributed by atoms with Crippen molar-refractivity contribution in [1.29, 1.82) is 0 Å². The van der Waals surface area contributed by atoms with Crippen LogP contribution in [0.25, 0.3) is 0 Å². The maximum atomic E-state index is 11.0. The van der Waals surface area contributed by atoms with Crippen LogP contribution in [-0.4, -0.2) is 27.7 Å². The summed E-state index contributed by atoms with van der Waals surface area (Å²) < 4.78 is 1.96. The summed E-state index contributed by atoms with van der Waals surface area (Å²) in [5.74, 6) is 1.80. The highest BCUT2D eigenvalue weighted by atomic mass is 16.3. The van der Waals surface area contributed by atoms with E-state index in [4.69, 9.17) is 0 Å². The highest BCUT2D eigenvalue weighted by Gasteiger charge is 2.49. The molecule has 1 saturated heterocycles. The Kier molecular flexibility index (Phi) is 2.30. The topological polar surface area (TPSA) is 50.1 Å². The van der Waals surface area contributed by atoms with E-state index in [9.17, 15) is 5.11 Å². The van der Waals surface area contributed by atoms with Crippen LogP contribution in [0.5, 0.6) is 0 Å². The third-order valence-corrected chi connectivity index (χ3v) is 4.29. The highest BCUT2D eigenvalue weighted by molar-refractivity contribution is 5.12. The van der Waals surface area contributed by atoms with Gasteiger partial charge in [-0.2, -0.15) is 0 Å². The summed E-state index contributed by atoms with van der Waals surface area (Å²) in [6.07, 6.45) is 6.88. The van der Waals surface area contributed by atoms with Gasteiger partial charge in [-0.3, -0.25) is 0 Å². The smallest absolute Gasteiger partial charge is 0.140 e. The molecule has 2 fully saturated rings. The van der Waals surface area contributed by atoms with E-state index in [0.29, 0.717) is 11.8 Å². The summed E-state index contributed by atoms with van der Waals surface area (Å²) in [6, 6.07) is 0. The van der Waals surface area contributed by atoms with Crippen LogP contribution in [-0.2, 0) is 12.6 Å². The number of aromatic nitrogens is 2. The van der Waals surface area contributed by atoms with Gasteiger partial charge in [0.05, 0.1) is 0 Å². The zero-order valence-corrected chi connectivity index (χ0v) is 9.69. The Morgan fingerprint density at radius 2 is 2.44 bits per heavy atom. The van der Waals surface area contributed by atoms with Crippen molar-refractivity contribution in [2.45, 2.75) is 24.9 Å². The van der Waals surface area contributed by atoms with Crippen molar-refractivity contribution < 1.29 is 5.11 Å². The van der Waals surface area contributed by atoms with Crippen LogP contribution < -0.4 is 5.32 Å². The Morgan fingerprint density at radius 1 is 1.56 bits per heavy atom. The van der Waals surface area contributed by atoms with Gasteiger partial charge in [-0.25, -0.2) is 4.98 Å². The first kappa shape index (κ1) is 10.3. The minimum Gasteiger partial charge on any atom is -0.382 e. The number of nitrogens with zero attached hydrogens (tertiary/aromatic N) is 2. The zero-order chi connectivity index (χ0) is 11.2. The first-order chi connectivity index (χ1) is 7.72. The maximum Gasteiger partial charge on any atom is 0.140 e. The molecule has 4 nitrogen and oxygen atoms in total. The molecule has 2 aliphatic rings. The van der Waals surface area contributed by atoms with Gasteiger partial charge in [-0.1, -0.05) is 0 Å². The largest absolute Gasteiger partial charge is 0.382 e. The molecule has 0 bridgehead atoms. The highest BCUT2D eigenvalue weighted by Crippen LogP contribution is 2.45. The normalized spacial score (nSPS) is 38.6. The van der Waals surface area contributed by atoms with Crippen molar-refractivity contribution in [2.75, 3.05) is 13.1 Å². The van der Waals surface area contributed by atoms with E-state index in [2.05, 4.69) is 10.3 Å². The number of hydrogen-bond donors (Lipinski definition) is 2. The fourth-order valence-electron chi connectivity index (χ4n) is 3.47. The van der Waals surface area contributed by atoms with Crippen molar-refractivity contribution in [3.05, 3.63) is 18.2 Å². The molecule has 0 spiro atoms. The first-order valence-corrected chi connectivity index (χ1v) is 6.13. The van der Waals surface area contributed by atoms with E-state index in [1.807, 2.05) is 17.8 Å². The summed E-state index contributed by atoms with van der Waals surface area (Å²) in [6.45, 7) is 1.98. The van der Waals surface area contributed by atoms with Crippen molar-refractivity contribution in [3.63, 3.8) is 0 Å². The van der Waals surface area contributed by atoms with Crippen molar-refractivity contribution >= 4 is 0 Å². The molecule has 2 N–H and O–H groups in total. The summed E-state index contributed by atoms with van der Waals surface area (Å²) in [5, 5.41) is 14.4. The predicted octanol–water partition coefficient (Wildman–Crippen LogP) is 0.627. The van der Waals surface area contributed by atoms with Crippen molar-refractivity contribution in [2.24, 2.45) is 18.9 Å². The molecule has 1 aromatic heterocycles. The third-order valence-electron chi connectivity index (χ3n) is 4.29. The fraction of sp³-hybridized carbons (Fsp3) is 0.750. The second kappa shape index (κ2) is 3.57. The minimum atomic E-state index is -0.718. The van der Waals surface area contributed by atoms with Gasteiger partial charge in [-0.15, -0.1) is 0 Å². The number of hydrogen-bond acceptors (Lipinski definition) is 3. The number of imidazole rings is 1. The van der Waals surface area contributed by atoms with Gasteiger partial charge in [-0.05, 0) is 31.7 Å². The SMILES string of the molecule is Cn1ccnc1[C@@]1(O)CCC[C@@H]2CNC[C@@H]21. The van der Waals surface area contributed by atoms with Gasteiger partial charge < -0.3 is 15.0 Å². The lowest BCUT2D eigenvalue weighted by molar-refractivity contribution is -0.0722. The van der Waals surface area contributed by atoms with Crippen LogP contribution in [0.4, 0.5) is 0 Å². The molecule has 88 valence electrons. The minimum absolute atomic E-state index is 0.336. The number of rotatable bonds is 1. The summed E-state index contributed by atoms with van der Waals surface area (Å²) in [7, 11) is 1.96. The van der Waals surface area contributed by atoms with Gasteiger partial charge in [0.2, 0.25) is 0 Å². The molecule has 1 aliphatic heterocycles. The molecule has 1 aromatic rings. The molecule has 1 aliphatic carbocycles. The molecule has 2 heterocycles. The molecule has 0 aromatic carbocycles. The molecule has 16 heavy (non-hydrogen) atoms. The molecule has 0 unspecified atom stereocenters. The Balaban J connectivity index is 1.99. The van der Waals surface area contributed by atoms with Gasteiger partial charge >= 0.3 is 0 Å². The number of fused-ring (bicyclic) bond motifs is 1. The molecule has 3 atom stereocenters. The third kappa shape index (κ3) is 1.33. The van der Waals surface area contributed by atoms with Crippen LogP contribution in [0.1, 0.15) is 25.1 Å². The molecule has 4 heteroatoms. The van der Waals surface area contributed by atoms with E-state index in [1.54, 1.807) is 6.20 Å². The fourth-order valence-corrected chi connectivity index (χ4v) is 3.47. The van der Waals surface area contributed by atoms with E-state index < -0.39 is 5.60 Å². The molecular weight excluding hydrogens is 202 g/mol. The zero-order valence-electron chi connectivity index (χ0n) is 9.69. The van der Waals surface area contributed by atoms with Gasteiger partial charge in [0, 0.05) is 31.9 Å². The summed E-state index contributed by atoms with van der Waals surface area (Å²) in [5.41, 5.74) is -0.718. The lowest BCUT2D eigenvalue weighted by Crippen LogP contribution is -2.44. The summed E-state index contributed by atoms with van der Waals surface area (Å²) >= 11 is 0. The Labute approximate surface area is 95.7 Å². The van der Waals surface area contributed by atoms with Crippen molar-refractivity contribution in [3.8, 4) is 0 Å². The number of nitrogens with one attached hydrogen (secondary N) is 1. The maximum absolute atomic E-state index is 11.0. The van der Waals surface area contributed by atoms with Gasteiger partial charge in [0.1, 0.15) is 11.4 Å². The van der Waals surface area contributed by atoms with Gasteiger partial charge in [0.25, 0.3) is 0 Å². The number of aryl methyl sites for hydroxylation is 1. The lowest BCUT2D eigenvalue weighted by Gasteiger charge is -2.40. The van der Waals surface area contributed by atoms with Crippen LogP contribution in [0.15, 0.2) is 12.4 Å². The molecule has 1 saturated carbocycles. The van der Waals surface area contributed by atoms with E-state index in [0.717, 1.165) is 31.8 Å². The monoisotopic (exact) mass is 221 g/mol.